The summed E-state index contributed by atoms with van der Waals surface area (Å²) >= 11 is 3.36. The van der Waals surface area contributed by atoms with Crippen molar-refractivity contribution in [2.45, 2.75) is 6.42 Å². The van der Waals surface area contributed by atoms with Crippen LogP contribution in [0.3, 0.4) is 0 Å². The second-order valence-electron chi connectivity index (χ2n) is 4.06. The quantitative estimate of drug-likeness (QED) is 0.869. The van der Waals surface area contributed by atoms with Crippen LogP contribution in [0.5, 0.6) is 0 Å². The Balaban J connectivity index is 2.10. The number of pyridine rings is 1. The number of aromatic nitrogens is 1. The highest BCUT2D eigenvalue weighted by molar-refractivity contribution is 9.10. The first-order valence-electron chi connectivity index (χ1n) is 5.53. The minimum absolute atomic E-state index is 0.711. The van der Waals surface area contributed by atoms with Crippen molar-refractivity contribution in [1.82, 2.24) is 4.98 Å². The largest absolute Gasteiger partial charge is 0.396 e. The van der Waals surface area contributed by atoms with E-state index in [1.54, 1.807) is 13.3 Å². The Morgan fingerprint density at radius 2 is 2.41 bits per heavy atom. The highest BCUT2D eigenvalue weighted by Gasteiger charge is 2.15. The van der Waals surface area contributed by atoms with Crippen molar-refractivity contribution >= 4 is 27.4 Å². The van der Waals surface area contributed by atoms with Crippen LogP contribution in [0.15, 0.2) is 28.4 Å². The zero-order valence-corrected chi connectivity index (χ0v) is 11.4. The van der Waals surface area contributed by atoms with Gasteiger partial charge in [0.2, 0.25) is 0 Å². The van der Waals surface area contributed by atoms with Crippen LogP contribution in [0, 0.1) is 0 Å². The maximum Gasteiger partial charge on any atom is 0.152 e. The smallest absolute Gasteiger partial charge is 0.152 e. The molecule has 2 N–H and O–H groups in total. The Kier molecular flexibility index (Phi) is 4.02. The van der Waals surface area contributed by atoms with Crippen LogP contribution in [-0.2, 0) is 4.74 Å². The van der Waals surface area contributed by atoms with Gasteiger partial charge in [-0.05, 0) is 34.0 Å². The van der Waals surface area contributed by atoms with Crippen LogP contribution in [0.4, 0.5) is 11.5 Å². The number of anilines is 2. The molecule has 1 aromatic heterocycles. The lowest BCUT2D eigenvalue weighted by atomic mass is 10.1. The summed E-state index contributed by atoms with van der Waals surface area (Å²) in [4.78, 5) is 6.55. The molecule has 0 amide bonds. The molecule has 1 aliphatic rings. The molecular formula is C12H16BrN3O. The Morgan fingerprint density at radius 1 is 1.59 bits per heavy atom. The van der Waals surface area contributed by atoms with E-state index in [9.17, 15) is 0 Å². The number of nitrogens with zero attached hydrogens (tertiary/aromatic N) is 2. The van der Waals surface area contributed by atoms with Crippen LogP contribution in [0.25, 0.3) is 0 Å². The molecule has 0 atom stereocenters. The van der Waals surface area contributed by atoms with E-state index in [0.29, 0.717) is 5.69 Å². The second-order valence-corrected chi connectivity index (χ2v) is 4.97. The summed E-state index contributed by atoms with van der Waals surface area (Å²) in [5.74, 6) is 0.862. The van der Waals surface area contributed by atoms with Crippen molar-refractivity contribution in [3.8, 4) is 0 Å². The number of methoxy groups -OCH3 is 1. The van der Waals surface area contributed by atoms with Gasteiger partial charge in [0.25, 0.3) is 0 Å². The normalized spacial score (nSPS) is 15.9. The average Bonchev–Trinajstić information content (AvgIpc) is 2.31. The van der Waals surface area contributed by atoms with E-state index in [0.717, 1.165) is 36.4 Å². The van der Waals surface area contributed by atoms with Crippen LogP contribution >= 0.6 is 15.9 Å². The maximum atomic E-state index is 5.97. The van der Waals surface area contributed by atoms with E-state index in [4.69, 9.17) is 10.5 Å². The van der Waals surface area contributed by atoms with Gasteiger partial charge in [0.1, 0.15) is 0 Å². The fourth-order valence-electron chi connectivity index (χ4n) is 1.93. The number of nitrogen functional groups attached to an aromatic ring is 1. The van der Waals surface area contributed by atoms with Crippen molar-refractivity contribution in [1.29, 1.82) is 0 Å². The lowest BCUT2D eigenvalue weighted by molar-refractivity contribution is 0.222. The molecule has 0 radical (unpaired) electrons. The Morgan fingerprint density at radius 3 is 3.00 bits per heavy atom. The number of halogens is 1. The predicted molar refractivity (Wildman–Crippen MR) is 73.1 cm³/mol. The number of nitrogens with two attached hydrogens (primary N) is 1. The van der Waals surface area contributed by atoms with Gasteiger partial charge in [-0.3, -0.25) is 0 Å². The lowest BCUT2D eigenvalue weighted by Gasteiger charge is -2.28. The van der Waals surface area contributed by atoms with Gasteiger partial charge < -0.3 is 15.4 Å². The van der Waals surface area contributed by atoms with Gasteiger partial charge in [-0.2, -0.15) is 0 Å². The number of ether oxygens (including phenoxy) is 1. The third kappa shape index (κ3) is 2.98. The minimum Gasteiger partial charge on any atom is -0.396 e. The number of hydrogen-bond donors (Lipinski definition) is 1. The molecular weight excluding hydrogens is 282 g/mol. The third-order valence-corrected chi connectivity index (χ3v) is 3.23. The summed E-state index contributed by atoms with van der Waals surface area (Å²) in [5, 5.41) is 0. The van der Waals surface area contributed by atoms with Gasteiger partial charge in [-0.1, -0.05) is 6.08 Å². The highest BCUT2D eigenvalue weighted by atomic mass is 79.9. The molecule has 0 aliphatic carbocycles. The molecule has 17 heavy (non-hydrogen) atoms. The zero-order valence-electron chi connectivity index (χ0n) is 9.82. The molecule has 0 saturated heterocycles. The highest BCUT2D eigenvalue weighted by Crippen LogP contribution is 2.25. The summed E-state index contributed by atoms with van der Waals surface area (Å²) < 4.78 is 6.04. The molecule has 0 aromatic carbocycles. The first-order chi connectivity index (χ1) is 8.20. The average molecular weight is 298 g/mol. The van der Waals surface area contributed by atoms with E-state index in [1.807, 2.05) is 6.07 Å². The molecule has 0 fully saturated rings. The van der Waals surface area contributed by atoms with Gasteiger partial charge in [0.05, 0.1) is 12.3 Å². The van der Waals surface area contributed by atoms with Gasteiger partial charge in [-0.15, -0.1) is 0 Å². The molecule has 1 aromatic rings. The third-order valence-electron chi connectivity index (χ3n) is 2.79. The first-order valence-corrected chi connectivity index (χ1v) is 6.33. The molecule has 2 heterocycles. The monoisotopic (exact) mass is 297 g/mol. The van der Waals surface area contributed by atoms with Crippen molar-refractivity contribution in [2.24, 2.45) is 0 Å². The number of hydrogen-bond acceptors (Lipinski definition) is 4. The Labute approximate surface area is 110 Å². The van der Waals surface area contributed by atoms with Gasteiger partial charge in [0, 0.05) is 30.9 Å². The van der Waals surface area contributed by atoms with Crippen LogP contribution in [0.1, 0.15) is 6.42 Å². The summed E-state index contributed by atoms with van der Waals surface area (Å²) in [6.07, 6.45) is 4.97. The molecule has 0 unspecified atom stereocenters. The Hall–Kier alpha value is -1.07. The predicted octanol–water partition coefficient (Wildman–Crippen LogP) is 2.21. The topological polar surface area (TPSA) is 51.4 Å². The summed E-state index contributed by atoms with van der Waals surface area (Å²) in [6.45, 7) is 2.50. The van der Waals surface area contributed by atoms with E-state index < -0.39 is 0 Å². The minimum atomic E-state index is 0.711. The fraction of sp³-hybridized carbons (Fsp3) is 0.417. The molecule has 0 saturated carbocycles. The SMILES string of the molecule is COCC1=CCN(c2ncc(Br)cc2N)CC1. The molecule has 5 heteroatoms. The molecule has 2 rings (SSSR count). The van der Waals surface area contributed by atoms with Crippen molar-refractivity contribution in [3.05, 3.63) is 28.4 Å². The molecule has 4 nitrogen and oxygen atoms in total. The van der Waals surface area contributed by atoms with E-state index in [1.165, 1.54) is 5.57 Å². The summed E-state index contributed by atoms with van der Waals surface area (Å²) in [5.41, 5.74) is 8.02. The molecule has 1 aliphatic heterocycles. The first kappa shape index (κ1) is 12.4. The van der Waals surface area contributed by atoms with Crippen LogP contribution < -0.4 is 10.6 Å². The van der Waals surface area contributed by atoms with Crippen molar-refractivity contribution in [3.63, 3.8) is 0 Å². The summed E-state index contributed by atoms with van der Waals surface area (Å²) in [6, 6.07) is 1.89. The fourth-order valence-corrected chi connectivity index (χ4v) is 2.28. The second kappa shape index (κ2) is 5.51. The van der Waals surface area contributed by atoms with Crippen molar-refractivity contribution < 1.29 is 4.74 Å². The summed E-state index contributed by atoms with van der Waals surface area (Å²) in [7, 11) is 1.72. The van der Waals surface area contributed by atoms with E-state index in [2.05, 4.69) is 31.9 Å². The molecule has 0 bridgehead atoms. The molecule has 92 valence electrons. The van der Waals surface area contributed by atoms with Gasteiger partial charge in [0.15, 0.2) is 5.82 Å². The number of rotatable bonds is 3. The molecule has 0 spiro atoms. The van der Waals surface area contributed by atoms with Crippen LogP contribution in [-0.4, -0.2) is 31.8 Å². The van der Waals surface area contributed by atoms with E-state index in [-0.39, 0.29) is 0 Å². The van der Waals surface area contributed by atoms with Crippen molar-refractivity contribution in [2.75, 3.05) is 37.4 Å². The van der Waals surface area contributed by atoms with Crippen LogP contribution in [0.2, 0.25) is 0 Å². The lowest BCUT2D eigenvalue weighted by Crippen LogP contribution is -2.30. The maximum absolute atomic E-state index is 5.97. The zero-order chi connectivity index (χ0) is 12.3. The standard InChI is InChI=1S/C12H16BrN3O/c1-17-8-9-2-4-16(5-3-9)12-11(14)6-10(13)7-15-12/h2,6-7H,3-5,8,14H2,1H3. The van der Waals surface area contributed by atoms with E-state index >= 15 is 0 Å². The van der Waals surface area contributed by atoms with Gasteiger partial charge in [-0.25, -0.2) is 4.98 Å². The Bertz CT molecular complexity index is 434. The van der Waals surface area contributed by atoms with Gasteiger partial charge >= 0.3 is 0 Å².